The summed E-state index contributed by atoms with van der Waals surface area (Å²) in [6, 6.07) is -0.894. The number of aromatic nitrogens is 2. The highest BCUT2D eigenvalue weighted by molar-refractivity contribution is 6.17. The van der Waals surface area contributed by atoms with Gasteiger partial charge in [0.15, 0.2) is 6.29 Å². The van der Waals surface area contributed by atoms with Crippen LogP contribution < -0.4 is 15.9 Å². The zero-order valence-electron chi connectivity index (χ0n) is 18.6. The number of H-pyrrole nitrogens is 1. The second-order valence-electron chi connectivity index (χ2n) is 8.53. The molecule has 0 radical (unpaired) electrons. The summed E-state index contributed by atoms with van der Waals surface area (Å²) in [7, 11) is 0. The first-order valence-corrected chi connectivity index (χ1v) is 11.0. The molecule has 5 atom stereocenters. The lowest BCUT2D eigenvalue weighted by Crippen LogP contribution is -2.65. The SMILES string of the molecule is CC(C)(C)OC(=O)N(CC1=CN(C2[C@@H](OCCCl)OC(CO)[C@@H](O)[C@@H]2O)NN1)c1ncc[nH]1. The third kappa shape index (κ3) is 6.26. The first kappa shape index (κ1) is 25.5. The molecule has 0 aliphatic carbocycles. The van der Waals surface area contributed by atoms with Crippen LogP contribution in [-0.4, -0.2) is 98.3 Å². The molecule has 186 valence electrons. The minimum absolute atomic E-state index is 0.0463. The summed E-state index contributed by atoms with van der Waals surface area (Å²) >= 11 is 5.71. The van der Waals surface area contributed by atoms with E-state index in [2.05, 4.69) is 20.9 Å². The van der Waals surface area contributed by atoms with Gasteiger partial charge in [-0.25, -0.2) is 14.7 Å². The second kappa shape index (κ2) is 10.9. The summed E-state index contributed by atoms with van der Waals surface area (Å²) in [5, 5.41) is 32.0. The molecular formula is C19H31ClN6O7. The van der Waals surface area contributed by atoms with Gasteiger partial charge < -0.3 is 39.9 Å². The number of hydrazine groups is 2. The molecule has 1 fully saturated rings. The highest BCUT2D eigenvalue weighted by Gasteiger charge is 2.48. The van der Waals surface area contributed by atoms with Crippen LogP contribution in [0, 0.1) is 0 Å². The van der Waals surface area contributed by atoms with E-state index in [4.69, 9.17) is 25.8 Å². The molecule has 6 N–H and O–H groups in total. The second-order valence-corrected chi connectivity index (χ2v) is 8.91. The fraction of sp³-hybridized carbons (Fsp3) is 0.684. The van der Waals surface area contributed by atoms with Crippen molar-refractivity contribution in [3.05, 3.63) is 24.3 Å². The van der Waals surface area contributed by atoms with Gasteiger partial charge >= 0.3 is 6.09 Å². The number of carbonyl (C=O) groups excluding carboxylic acids is 1. The number of anilines is 1. The largest absolute Gasteiger partial charge is 0.443 e. The number of amides is 1. The maximum Gasteiger partial charge on any atom is 0.417 e. The number of rotatable bonds is 8. The Hall–Kier alpha value is -2.13. The number of imidazole rings is 1. The molecule has 3 rings (SSSR count). The number of nitrogens with zero attached hydrogens (tertiary/aromatic N) is 3. The van der Waals surface area contributed by atoms with Gasteiger partial charge in [0.1, 0.15) is 30.0 Å². The van der Waals surface area contributed by atoms with Gasteiger partial charge in [0.05, 0.1) is 25.5 Å². The monoisotopic (exact) mass is 490 g/mol. The van der Waals surface area contributed by atoms with E-state index in [9.17, 15) is 20.1 Å². The number of ether oxygens (including phenoxy) is 3. The van der Waals surface area contributed by atoms with E-state index in [-0.39, 0.29) is 25.0 Å². The summed E-state index contributed by atoms with van der Waals surface area (Å²) in [6.07, 6.45) is -0.606. The van der Waals surface area contributed by atoms with Crippen LogP contribution in [0.3, 0.4) is 0 Å². The van der Waals surface area contributed by atoms with Crippen molar-refractivity contribution in [3.63, 3.8) is 0 Å². The maximum atomic E-state index is 12.8. The van der Waals surface area contributed by atoms with Gasteiger partial charge in [-0.05, 0) is 20.8 Å². The molecule has 1 aromatic heterocycles. The Morgan fingerprint density at radius 1 is 1.36 bits per heavy atom. The Bertz CT molecular complexity index is 805. The topological polar surface area (TPSA) is 165 Å². The number of aliphatic hydroxyl groups excluding tert-OH is 3. The molecule has 0 saturated carbocycles. The van der Waals surface area contributed by atoms with Crippen LogP contribution >= 0.6 is 11.6 Å². The number of alkyl halides is 1. The molecule has 33 heavy (non-hydrogen) atoms. The zero-order valence-corrected chi connectivity index (χ0v) is 19.4. The van der Waals surface area contributed by atoms with E-state index in [0.717, 1.165) is 0 Å². The van der Waals surface area contributed by atoms with E-state index in [0.29, 0.717) is 5.70 Å². The van der Waals surface area contributed by atoms with Crippen molar-refractivity contribution >= 4 is 23.6 Å². The van der Waals surface area contributed by atoms with E-state index in [1.165, 1.54) is 16.1 Å². The Morgan fingerprint density at radius 2 is 2.12 bits per heavy atom. The predicted molar refractivity (Wildman–Crippen MR) is 117 cm³/mol. The average molecular weight is 491 g/mol. The summed E-state index contributed by atoms with van der Waals surface area (Å²) < 4.78 is 16.7. The standard InChI is InChI=1S/C19H31ClN6O7/c1-19(2,3)33-18(30)25(17-21-5-6-22-17)8-11-9-26(24-23-11)13-15(29)14(28)12(10-27)32-16(13)31-7-4-20/h5-6,9,12-16,23-24,27-29H,4,7-8,10H2,1-3H3,(H,21,22)/t12?,13?,14-,15-,16+/m1/s1. The molecule has 2 aliphatic rings. The number of halogens is 1. The lowest BCUT2D eigenvalue weighted by molar-refractivity contribution is -0.286. The number of nitrogens with one attached hydrogen (secondary N) is 3. The zero-order chi connectivity index (χ0) is 24.2. The number of carbonyl (C=O) groups is 1. The van der Waals surface area contributed by atoms with Gasteiger partial charge in [-0.1, -0.05) is 0 Å². The lowest BCUT2D eigenvalue weighted by Gasteiger charge is -2.45. The van der Waals surface area contributed by atoms with Crippen LogP contribution in [0.5, 0.6) is 0 Å². The van der Waals surface area contributed by atoms with Crippen molar-refractivity contribution in [1.82, 2.24) is 25.9 Å². The Morgan fingerprint density at radius 3 is 2.73 bits per heavy atom. The van der Waals surface area contributed by atoms with E-state index < -0.39 is 48.9 Å². The lowest BCUT2D eigenvalue weighted by atomic mass is 9.96. The van der Waals surface area contributed by atoms with Crippen molar-refractivity contribution in [2.45, 2.75) is 57.0 Å². The Labute approximate surface area is 196 Å². The van der Waals surface area contributed by atoms with E-state index in [1.54, 1.807) is 33.2 Å². The van der Waals surface area contributed by atoms with Crippen LogP contribution in [0.15, 0.2) is 24.3 Å². The third-order valence-corrected chi connectivity index (χ3v) is 5.01. The summed E-state index contributed by atoms with van der Waals surface area (Å²) in [5.41, 5.74) is 5.60. The smallest absolute Gasteiger partial charge is 0.417 e. The van der Waals surface area contributed by atoms with Crippen LogP contribution in [-0.2, 0) is 14.2 Å². The fourth-order valence-electron chi connectivity index (χ4n) is 3.39. The number of aromatic amines is 1. The molecule has 14 heteroatoms. The van der Waals surface area contributed by atoms with Crippen LogP contribution in [0.2, 0.25) is 0 Å². The third-order valence-electron chi connectivity index (χ3n) is 4.85. The van der Waals surface area contributed by atoms with Crippen molar-refractivity contribution in [2.75, 3.05) is 30.5 Å². The molecule has 2 unspecified atom stereocenters. The van der Waals surface area contributed by atoms with Crippen LogP contribution in [0.1, 0.15) is 20.8 Å². The highest BCUT2D eigenvalue weighted by Crippen LogP contribution is 2.27. The highest BCUT2D eigenvalue weighted by atomic mass is 35.5. The molecule has 2 aliphatic heterocycles. The van der Waals surface area contributed by atoms with Crippen molar-refractivity contribution < 1.29 is 34.3 Å². The van der Waals surface area contributed by atoms with Crippen LogP contribution in [0.4, 0.5) is 10.7 Å². The van der Waals surface area contributed by atoms with E-state index >= 15 is 0 Å². The summed E-state index contributed by atoms with van der Waals surface area (Å²) in [5.74, 6) is 0.478. The molecule has 13 nitrogen and oxygen atoms in total. The minimum Gasteiger partial charge on any atom is -0.443 e. The summed E-state index contributed by atoms with van der Waals surface area (Å²) in [6.45, 7) is 4.97. The molecule has 1 saturated heterocycles. The van der Waals surface area contributed by atoms with Gasteiger partial charge in [0.25, 0.3) is 0 Å². The quantitative estimate of drug-likeness (QED) is 0.257. The average Bonchev–Trinajstić information content (AvgIpc) is 3.43. The first-order chi connectivity index (χ1) is 15.6. The van der Waals surface area contributed by atoms with Gasteiger partial charge in [0, 0.05) is 24.5 Å². The maximum absolute atomic E-state index is 12.8. The normalized spacial score (nSPS) is 27.8. The molecule has 3 heterocycles. The molecule has 0 bridgehead atoms. The molecular weight excluding hydrogens is 460 g/mol. The molecule has 1 amide bonds. The number of hydrogen-bond acceptors (Lipinski definition) is 11. The molecule has 0 spiro atoms. The van der Waals surface area contributed by atoms with Crippen molar-refractivity contribution in [3.8, 4) is 0 Å². The molecule has 0 aromatic carbocycles. The van der Waals surface area contributed by atoms with E-state index in [1.807, 2.05) is 0 Å². The summed E-state index contributed by atoms with van der Waals surface area (Å²) in [4.78, 5) is 21.1. The van der Waals surface area contributed by atoms with Gasteiger partial charge in [-0.3, -0.25) is 5.01 Å². The predicted octanol–water partition coefficient (Wildman–Crippen LogP) is -0.620. The van der Waals surface area contributed by atoms with Crippen molar-refractivity contribution in [1.29, 1.82) is 0 Å². The fourth-order valence-corrected chi connectivity index (χ4v) is 3.48. The van der Waals surface area contributed by atoms with Crippen molar-refractivity contribution in [2.24, 2.45) is 0 Å². The molecule has 1 aromatic rings. The first-order valence-electron chi connectivity index (χ1n) is 10.4. The number of aliphatic hydroxyl groups is 3. The van der Waals surface area contributed by atoms with Crippen LogP contribution in [0.25, 0.3) is 0 Å². The Kier molecular flexibility index (Phi) is 8.39. The Balaban J connectivity index is 1.78. The minimum atomic E-state index is -1.35. The van der Waals surface area contributed by atoms with Gasteiger partial charge in [-0.15, -0.1) is 17.1 Å². The number of hydrogen-bond donors (Lipinski definition) is 6. The van der Waals surface area contributed by atoms with Gasteiger partial charge in [-0.2, -0.15) is 0 Å². The van der Waals surface area contributed by atoms with Gasteiger partial charge in [0.2, 0.25) is 5.95 Å².